The summed E-state index contributed by atoms with van der Waals surface area (Å²) < 4.78 is 4.72. The minimum Gasteiger partial charge on any atom is -0.468 e. The number of nitrogens with one attached hydrogen (secondary N) is 1. The van der Waals surface area contributed by atoms with Crippen LogP contribution in [0.1, 0.15) is 32.6 Å². The van der Waals surface area contributed by atoms with Gasteiger partial charge in [-0.1, -0.05) is 0 Å². The summed E-state index contributed by atoms with van der Waals surface area (Å²) >= 11 is 0. The Morgan fingerprint density at radius 1 is 1.39 bits per heavy atom. The molecule has 1 atom stereocenters. The number of hydrogen-bond donors (Lipinski definition) is 1. The molecule has 1 aliphatic heterocycles. The van der Waals surface area contributed by atoms with E-state index < -0.39 is 5.54 Å². The fraction of sp³-hybridized carbons (Fsp3) is 0.750. The van der Waals surface area contributed by atoms with Crippen molar-refractivity contribution in [3.63, 3.8) is 0 Å². The number of carbonyl (C=O) groups is 3. The molecule has 1 N–H and O–H groups in total. The average molecular weight is 256 g/mol. The van der Waals surface area contributed by atoms with E-state index in [0.717, 1.165) is 0 Å². The smallest absolute Gasteiger partial charge is 0.325 e. The Hall–Kier alpha value is -1.43. The van der Waals surface area contributed by atoms with Gasteiger partial charge in [-0.15, -0.1) is 0 Å². The summed E-state index contributed by atoms with van der Waals surface area (Å²) in [6.07, 6.45) is 1.69. The Kier molecular flexibility index (Phi) is 4.84. The minimum atomic E-state index is -0.777. The number of rotatable bonds is 6. The van der Waals surface area contributed by atoms with E-state index in [2.05, 4.69) is 5.32 Å². The molecule has 18 heavy (non-hydrogen) atoms. The SMILES string of the molecule is CNC(C)(CCCN1C(=O)CCC1=O)C(=O)OC. The van der Waals surface area contributed by atoms with Gasteiger partial charge in [0.2, 0.25) is 11.8 Å². The zero-order valence-electron chi connectivity index (χ0n) is 11.1. The molecule has 0 aliphatic carbocycles. The van der Waals surface area contributed by atoms with E-state index in [9.17, 15) is 14.4 Å². The van der Waals surface area contributed by atoms with Crippen molar-refractivity contribution >= 4 is 17.8 Å². The van der Waals surface area contributed by atoms with E-state index in [1.165, 1.54) is 12.0 Å². The highest BCUT2D eigenvalue weighted by molar-refractivity contribution is 6.01. The lowest BCUT2D eigenvalue weighted by atomic mass is 9.96. The van der Waals surface area contributed by atoms with Gasteiger partial charge in [0.15, 0.2) is 0 Å². The van der Waals surface area contributed by atoms with Crippen molar-refractivity contribution in [1.82, 2.24) is 10.2 Å². The summed E-state index contributed by atoms with van der Waals surface area (Å²) in [7, 11) is 3.02. The van der Waals surface area contributed by atoms with Crippen LogP contribution in [0.2, 0.25) is 0 Å². The Bertz CT molecular complexity index is 340. The number of likely N-dealkylation sites (tertiary alicyclic amines) is 1. The highest BCUT2D eigenvalue weighted by Crippen LogP contribution is 2.17. The molecule has 2 amide bonds. The molecule has 0 radical (unpaired) electrons. The van der Waals surface area contributed by atoms with Gasteiger partial charge in [-0.3, -0.25) is 19.3 Å². The van der Waals surface area contributed by atoms with Gasteiger partial charge in [0, 0.05) is 19.4 Å². The third kappa shape index (κ3) is 3.07. The van der Waals surface area contributed by atoms with Gasteiger partial charge in [0.1, 0.15) is 5.54 Å². The van der Waals surface area contributed by atoms with Crippen LogP contribution in [0, 0.1) is 0 Å². The molecule has 0 spiro atoms. The zero-order valence-corrected chi connectivity index (χ0v) is 11.1. The predicted molar refractivity (Wildman–Crippen MR) is 64.7 cm³/mol. The second-order valence-corrected chi connectivity index (χ2v) is 4.62. The molecule has 0 bridgehead atoms. The summed E-state index contributed by atoms with van der Waals surface area (Å²) in [6, 6.07) is 0. The van der Waals surface area contributed by atoms with Crippen LogP contribution in [0.4, 0.5) is 0 Å². The van der Waals surface area contributed by atoms with Crippen LogP contribution in [0.15, 0.2) is 0 Å². The molecular formula is C12H20N2O4. The number of esters is 1. The molecule has 6 heteroatoms. The van der Waals surface area contributed by atoms with E-state index in [-0.39, 0.29) is 17.8 Å². The van der Waals surface area contributed by atoms with E-state index in [0.29, 0.717) is 32.2 Å². The highest BCUT2D eigenvalue weighted by atomic mass is 16.5. The van der Waals surface area contributed by atoms with E-state index >= 15 is 0 Å². The summed E-state index contributed by atoms with van der Waals surface area (Å²) in [5.74, 6) is -0.586. The van der Waals surface area contributed by atoms with E-state index in [1.807, 2.05) is 0 Å². The largest absolute Gasteiger partial charge is 0.468 e. The lowest BCUT2D eigenvalue weighted by molar-refractivity contribution is -0.148. The topological polar surface area (TPSA) is 75.7 Å². The standard InChI is InChI=1S/C12H20N2O4/c1-12(13-2,11(17)18-3)7-4-8-14-9(15)5-6-10(14)16/h13H,4-8H2,1-3H3. The number of nitrogens with zero attached hydrogens (tertiary/aromatic N) is 1. The van der Waals surface area contributed by atoms with Crippen LogP contribution in [0.5, 0.6) is 0 Å². The van der Waals surface area contributed by atoms with Crippen LogP contribution >= 0.6 is 0 Å². The molecule has 1 saturated heterocycles. The van der Waals surface area contributed by atoms with Gasteiger partial charge < -0.3 is 10.1 Å². The lowest BCUT2D eigenvalue weighted by Crippen LogP contribution is -2.48. The maximum atomic E-state index is 11.6. The molecule has 1 fully saturated rings. The predicted octanol–water partition coefficient (Wildman–Crippen LogP) is 0.0667. The lowest BCUT2D eigenvalue weighted by Gasteiger charge is -2.26. The van der Waals surface area contributed by atoms with Crippen molar-refractivity contribution in [3.05, 3.63) is 0 Å². The molecule has 0 aromatic rings. The van der Waals surface area contributed by atoms with E-state index in [4.69, 9.17) is 4.74 Å². The summed E-state index contributed by atoms with van der Waals surface area (Å²) in [5, 5.41) is 2.91. The number of likely N-dealkylation sites (N-methyl/N-ethyl adjacent to an activating group) is 1. The zero-order chi connectivity index (χ0) is 13.8. The molecule has 0 aromatic heterocycles. The Balaban J connectivity index is 2.47. The molecule has 1 rings (SSSR count). The maximum absolute atomic E-state index is 11.6. The minimum absolute atomic E-state index is 0.121. The van der Waals surface area contributed by atoms with Gasteiger partial charge in [-0.2, -0.15) is 0 Å². The maximum Gasteiger partial charge on any atom is 0.325 e. The number of amides is 2. The first-order valence-electron chi connectivity index (χ1n) is 6.05. The third-order valence-corrected chi connectivity index (χ3v) is 3.40. The van der Waals surface area contributed by atoms with Crippen molar-refractivity contribution in [1.29, 1.82) is 0 Å². The van der Waals surface area contributed by atoms with Crippen LogP contribution in [-0.2, 0) is 19.1 Å². The molecule has 1 aliphatic rings. The summed E-state index contributed by atoms with van der Waals surface area (Å²) in [4.78, 5) is 35.7. The van der Waals surface area contributed by atoms with Crippen molar-refractivity contribution < 1.29 is 19.1 Å². The monoisotopic (exact) mass is 256 g/mol. The first-order chi connectivity index (χ1) is 8.44. The van der Waals surface area contributed by atoms with Crippen LogP contribution in [-0.4, -0.2) is 48.9 Å². The number of imide groups is 1. The third-order valence-electron chi connectivity index (χ3n) is 3.40. The normalized spacial score (nSPS) is 18.9. The number of ether oxygens (including phenoxy) is 1. The first kappa shape index (κ1) is 14.6. The molecular weight excluding hydrogens is 236 g/mol. The number of methoxy groups -OCH3 is 1. The molecule has 1 heterocycles. The van der Waals surface area contributed by atoms with Gasteiger partial charge in [-0.25, -0.2) is 0 Å². The highest BCUT2D eigenvalue weighted by Gasteiger charge is 2.33. The van der Waals surface area contributed by atoms with Crippen molar-refractivity contribution in [3.8, 4) is 0 Å². The van der Waals surface area contributed by atoms with Crippen molar-refractivity contribution in [2.24, 2.45) is 0 Å². The second kappa shape index (κ2) is 5.95. The fourth-order valence-electron chi connectivity index (χ4n) is 2.02. The molecule has 6 nitrogen and oxygen atoms in total. The quantitative estimate of drug-likeness (QED) is 0.537. The Morgan fingerprint density at radius 3 is 2.39 bits per heavy atom. The van der Waals surface area contributed by atoms with Gasteiger partial charge in [-0.05, 0) is 26.8 Å². The van der Waals surface area contributed by atoms with Crippen molar-refractivity contribution in [2.75, 3.05) is 20.7 Å². The first-order valence-corrected chi connectivity index (χ1v) is 6.05. The molecule has 0 aromatic carbocycles. The van der Waals surface area contributed by atoms with Crippen LogP contribution in [0.3, 0.4) is 0 Å². The molecule has 0 saturated carbocycles. The van der Waals surface area contributed by atoms with Crippen LogP contribution in [0.25, 0.3) is 0 Å². The van der Waals surface area contributed by atoms with E-state index in [1.54, 1.807) is 14.0 Å². The molecule has 1 unspecified atom stereocenters. The second-order valence-electron chi connectivity index (χ2n) is 4.62. The summed E-state index contributed by atoms with van der Waals surface area (Å²) in [6.45, 7) is 2.11. The van der Waals surface area contributed by atoms with Crippen LogP contribution < -0.4 is 5.32 Å². The number of carbonyl (C=O) groups excluding carboxylic acids is 3. The number of hydrogen-bond acceptors (Lipinski definition) is 5. The van der Waals surface area contributed by atoms with Gasteiger partial charge in [0.05, 0.1) is 7.11 Å². The summed E-state index contributed by atoms with van der Waals surface area (Å²) in [5.41, 5.74) is -0.777. The van der Waals surface area contributed by atoms with Gasteiger partial charge >= 0.3 is 5.97 Å². The Labute approximate surface area is 107 Å². The Morgan fingerprint density at radius 2 is 1.94 bits per heavy atom. The van der Waals surface area contributed by atoms with Crippen molar-refractivity contribution in [2.45, 2.75) is 38.1 Å². The fourth-order valence-corrected chi connectivity index (χ4v) is 2.02. The molecule has 102 valence electrons. The van der Waals surface area contributed by atoms with Gasteiger partial charge in [0.25, 0.3) is 0 Å². The average Bonchev–Trinajstić information content (AvgIpc) is 2.68.